The first kappa shape index (κ1) is 12.4. The highest BCUT2D eigenvalue weighted by molar-refractivity contribution is 6.21. The summed E-state index contributed by atoms with van der Waals surface area (Å²) in [5.74, 6) is -0.890. The first-order valence-electron chi connectivity index (χ1n) is 5.02. The zero-order chi connectivity index (χ0) is 11.6. The maximum absolute atomic E-state index is 13.0. The van der Waals surface area contributed by atoms with E-state index in [1.54, 1.807) is 0 Å². The van der Waals surface area contributed by atoms with Gasteiger partial charge in [0.2, 0.25) is 0 Å². The van der Waals surface area contributed by atoms with Crippen molar-refractivity contribution in [3.8, 4) is 0 Å². The van der Waals surface area contributed by atoms with E-state index in [4.69, 9.17) is 11.6 Å². The second-order valence-electron chi connectivity index (χ2n) is 4.18. The molecule has 0 amide bonds. The van der Waals surface area contributed by atoms with Crippen LogP contribution in [0.4, 0.5) is 8.78 Å². The lowest BCUT2D eigenvalue weighted by Crippen LogP contribution is -2.16. The van der Waals surface area contributed by atoms with Crippen LogP contribution in [0.2, 0.25) is 0 Å². The van der Waals surface area contributed by atoms with Crippen LogP contribution in [0.25, 0.3) is 0 Å². The molecule has 0 bridgehead atoms. The number of hydrogen-bond acceptors (Lipinski definition) is 0. The van der Waals surface area contributed by atoms with Crippen molar-refractivity contribution in [2.24, 2.45) is 5.92 Å². The van der Waals surface area contributed by atoms with E-state index in [9.17, 15) is 8.78 Å². The zero-order valence-corrected chi connectivity index (χ0v) is 9.85. The standard InChI is InChI=1S/C12H15ClF2/c1-7(2)12(13)8(3)9-4-10(14)6-11(15)5-9/h4-8,12H,1-3H3. The fourth-order valence-electron chi connectivity index (χ4n) is 1.60. The summed E-state index contributed by atoms with van der Waals surface area (Å²) in [5, 5.41) is -0.119. The van der Waals surface area contributed by atoms with Gasteiger partial charge in [-0.1, -0.05) is 20.8 Å². The number of rotatable bonds is 3. The van der Waals surface area contributed by atoms with Gasteiger partial charge in [-0.3, -0.25) is 0 Å². The molecule has 0 aliphatic carbocycles. The van der Waals surface area contributed by atoms with Gasteiger partial charge in [0.1, 0.15) is 11.6 Å². The average molecular weight is 233 g/mol. The Morgan fingerprint density at radius 2 is 1.47 bits per heavy atom. The Hall–Kier alpha value is -0.630. The van der Waals surface area contributed by atoms with Gasteiger partial charge < -0.3 is 0 Å². The van der Waals surface area contributed by atoms with Crippen LogP contribution in [0, 0.1) is 17.6 Å². The third-order valence-electron chi connectivity index (χ3n) is 2.53. The van der Waals surface area contributed by atoms with Gasteiger partial charge >= 0.3 is 0 Å². The van der Waals surface area contributed by atoms with E-state index in [1.807, 2.05) is 20.8 Å². The Bertz CT molecular complexity index is 316. The Balaban J connectivity index is 2.95. The minimum Gasteiger partial charge on any atom is -0.207 e. The predicted octanol–water partition coefficient (Wildman–Crippen LogP) is 4.33. The quantitative estimate of drug-likeness (QED) is 0.681. The van der Waals surface area contributed by atoms with Gasteiger partial charge in [0.15, 0.2) is 0 Å². The maximum atomic E-state index is 13.0. The molecule has 0 nitrogen and oxygen atoms in total. The van der Waals surface area contributed by atoms with Crippen molar-refractivity contribution in [3.05, 3.63) is 35.4 Å². The molecule has 0 aliphatic heterocycles. The second kappa shape index (κ2) is 4.93. The lowest BCUT2D eigenvalue weighted by atomic mass is 9.91. The van der Waals surface area contributed by atoms with Gasteiger partial charge in [-0.05, 0) is 29.5 Å². The predicted molar refractivity (Wildman–Crippen MR) is 59.3 cm³/mol. The summed E-state index contributed by atoms with van der Waals surface area (Å²) in [6.45, 7) is 5.86. The molecule has 0 radical (unpaired) electrons. The minimum atomic E-state index is -0.551. The maximum Gasteiger partial charge on any atom is 0.126 e. The van der Waals surface area contributed by atoms with E-state index in [0.717, 1.165) is 6.07 Å². The first-order chi connectivity index (χ1) is 6.91. The van der Waals surface area contributed by atoms with E-state index in [1.165, 1.54) is 12.1 Å². The average Bonchev–Trinajstić information content (AvgIpc) is 2.13. The second-order valence-corrected chi connectivity index (χ2v) is 4.68. The molecule has 0 fully saturated rings. The number of alkyl halides is 1. The van der Waals surface area contributed by atoms with Crippen LogP contribution < -0.4 is 0 Å². The summed E-state index contributed by atoms with van der Waals surface area (Å²) in [6, 6.07) is 3.55. The van der Waals surface area contributed by atoms with E-state index in [0.29, 0.717) is 5.56 Å². The number of halogens is 3. The van der Waals surface area contributed by atoms with E-state index in [2.05, 4.69) is 0 Å². The molecule has 0 saturated carbocycles. The normalized spacial score (nSPS) is 15.4. The highest BCUT2D eigenvalue weighted by Gasteiger charge is 2.20. The summed E-state index contributed by atoms with van der Waals surface area (Å²) in [4.78, 5) is 0. The molecule has 1 aromatic rings. The molecule has 2 atom stereocenters. The van der Waals surface area contributed by atoms with Gasteiger partial charge in [0.05, 0.1) is 0 Å². The molecule has 0 saturated heterocycles. The lowest BCUT2D eigenvalue weighted by molar-refractivity contribution is 0.523. The monoisotopic (exact) mass is 232 g/mol. The summed E-state index contributed by atoms with van der Waals surface area (Å²) in [6.07, 6.45) is 0. The van der Waals surface area contributed by atoms with Crippen molar-refractivity contribution in [1.29, 1.82) is 0 Å². The molecule has 3 heteroatoms. The van der Waals surface area contributed by atoms with Gasteiger partial charge in [-0.15, -0.1) is 11.6 Å². The number of benzene rings is 1. The van der Waals surface area contributed by atoms with Gasteiger partial charge in [-0.2, -0.15) is 0 Å². The fraction of sp³-hybridized carbons (Fsp3) is 0.500. The first-order valence-corrected chi connectivity index (χ1v) is 5.45. The third kappa shape index (κ3) is 3.16. The molecule has 0 spiro atoms. The zero-order valence-electron chi connectivity index (χ0n) is 9.10. The fourth-order valence-corrected chi connectivity index (χ4v) is 1.74. The van der Waals surface area contributed by atoms with Crippen LogP contribution in [0.5, 0.6) is 0 Å². The van der Waals surface area contributed by atoms with Crippen molar-refractivity contribution in [3.63, 3.8) is 0 Å². The molecule has 0 aliphatic rings. The Labute approximate surface area is 94.3 Å². The van der Waals surface area contributed by atoms with E-state index in [-0.39, 0.29) is 17.2 Å². The molecule has 0 aromatic heterocycles. The highest BCUT2D eigenvalue weighted by Crippen LogP contribution is 2.29. The molecule has 1 rings (SSSR count). The largest absolute Gasteiger partial charge is 0.207 e. The SMILES string of the molecule is CC(C)C(Cl)C(C)c1cc(F)cc(F)c1. The molecule has 0 N–H and O–H groups in total. The minimum absolute atomic E-state index is 0.0585. The van der Waals surface area contributed by atoms with Crippen molar-refractivity contribution in [1.82, 2.24) is 0 Å². The summed E-state index contributed by atoms with van der Waals surface area (Å²) >= 11 is 6.16. The summed E-state index contributed by atoms with van der Waals surface area (Å²) in [7, 11) is 0. The van der Waals surface area contributed by atoms with Gasteiger partial charge in [0.25, 0.3) is 0 Å². The highest BCUT2D eigenvalue weighted by atomic mass is 35.5. The molecular weight excluding hydrogens is 218 g/mol. The van der Waals surface area contributed by atoms with E-state index >= 15 is 0 Å². The summed E-state index contributed by atoms with van der Waals surface area (Å²) in [5.41, 5.74) is 0.612. The Morgan fingerprint density at radius 1 is 1.00 bits per heavy atom. The van der Waals surface area contributed by atoms with Crippen LogP contribution in [-0.4, -0.2) is 5.38 Å². The van der Waals surface area contributed by atoms with Gasteiger partial charge in [0, 0.05) is 11.4 Å². The third-order valence-corrected chi connectivity index (χ3v) is 3.41. The molecule has 2 unspecified atom stereocenters. The molecule has 1 aromatic carbocycles. The van der Waals surface area contributed by atoms with Crippen molar-refractivity contribution in [2.45, 2.75) is 32.1 Å². The topological polar surface area (TPSA) is 0 Å². The molecule has 15 heavy (non-hydrogen) atoms. The molecule has 0 heterocycles. The van der Waals surface area contributed by atoms with Crippen molar-refractivity contribution < 1.29 is 8.78 Å². The Kier molecular flexibility index (Phi) is 4.09. The molecular formula is C12H15ClF2. The number of hydrogen-bond donors (Lipinski definition) is 0. The van der Waals surface area contributed by atoms with Crippen LogP contribution in [0.3, 0.4) is 0 Å². The van der Waals surface area contributed by atoms with Crippen LogP contribution in [-0.2, 0) is 0 Å². The van der Waals surface area contributed by atoms with Gasteiger partial charge in [-0.25, -0.2) is 8.78 Å². The smallest absolute Gasteiger partial charge is 0.126 e. The van der Waals surface area contributed by atoms with Crippen LogP contribution in [0.1, 0.15) is 32.3 Å². The Morgan fingerprint density at radius 3 is 1.87 bits per heavy atom. The summed E-state index contributed by atoms with van der Waals surface area (Å²) < 4.78 is 25.9. The lowest BCUT2D eigenvalue weighted by Gasteiger charge is -2.21. The van der Waals surface area contributed by atoms with E-state index < -0.39 is 11.6 Å². The molecule has 84 valence electrons. The van der Waals surface area contributed by atoms with Crippen molar-refractivity contribution >= 4 is 11.6 Å². The van der Waals surface area contributed by atoms with Crippen LogP contribution >= 0.6 is 11.6 Å². The van der Waals surface area contributed by atoms with Crippen LogP contribution in [0.15, 0.2) is 18.2 Å². The van der Waals surface area contributed by atoms with Crippen molar-refractivity contribution in [2.75, 3.05) is 0 Å².